The molecule has 7 heteroatoms. The summed E-state index contributed by atoms with van der Waals surface area (Å²) in [5.41, 5.74) is 8.37. The third-order valence-corrected chi connectivity index (χ3v) is 7.07. The van der Waals surface area contributed by atoms with Crippen molar-refractivity contribution < 1.29 is 0 Å². The van der Waals surface area contributed by atoms with E-state index in [0.717, 1.165) is 42.4 Å². The van der Waals surface area contributed by atoms with Crippen molar-refractivity contribution in [1.29, 1.82) is 0 Å². The Kier molecular flexibility index (Phi) is 4.06. The second-order valence-corrected chi connectivity index (χ2v) is 8.57. The standard InChI is InChI=1S/C19H22ClN5S/c1-11-23-24(2)16-10-22-18(12-5-3-4-6-14(12)20)17-13-7-8-21-9-15(13)26-19(17)25(11)16/h3-6,11,16,21,23H,7-10H2,1-2H3. The zero-order valence-electron chi connectivity index (χ0n) is 14.9. The fourth-order valence-electron chi connectivity index (χ4n) is 4.28. The summed E-state index contributed by atoms with van der Waals surface area (Å²) in [7, 11) is 2.10. The number of halogens is 1. The Bertz CT molecular complexity index is 892. The summed E-state index contributed by atoms with van der Waals surface area (Å²) < 4.78 is 0. The van der Waals surface area contributed by atoms with Crippen molar-refractivity contribution in [1.82, 2.24) is 15.8 Å². The van der Waals surface area contributed by atoms with Crippen LogP contribution in [0.5, 0.6) is 0 Å². The number of likely N-dealkylation sites (N-methyl/N-ethyl adjacent to an activating group) is 1. The topological polar surface area (TPSA) is 42.9 Å². The molecule has 2 aromatic rings. The molecule has 136 valence electrons. The molecule has 1 fully saturated rings. The number of aliphatic imine (C=N–C) groups is 1. The summed E-state index contributed by atoms with van der Waals surface area (Å²) in [6.45, 7) is 4.91. The number of hydrogen-bond donors (Lipinski definition) is 2. The van der Waals surface area contributed by atoms with Gasteiger partial charge >= 0.3 is 0 Å². The maximum atomic E-state index is 6.58. The predicted molar refractivity (Wildman–Crippen MR) is 108 cm³/mol. The van der Waals surface area contributed by atoms with Crippen LogP contribution in [-0.4, -0.2) is 43.2 Å². The van der Waals surface area contributed by atoms with Crippen LogP contribution >= 0.6 is 22.9 Å². The molecule has 0 amide bonds. The van der Waals surface area contributed by atoms with Crippen LogP contribution in [-0.2, 0) is 13.0 Å². The van der Waals surface area contributed by atoms with Crippen molar-refractivity contribution in [3.63, 3.8) is 0 Å². The number of nitrogens with one attached hydrogen (secondary N) is 2. The molecule has 0 saturated carbocycles. The van der Waals surface area contributed by atoms with Gasteiger partial charge in [-0.05, 0) is 31.5 Å². The van der Waals surface area contributed by atoms with Crippen molar-refractivity contribution >= 4 is 33.7 Å². The molecule has 1 aromatic carbocycles. The maximum Gasteiger partial charge on any atom is 0.117 e. The van der Waals surface area contributed by atoms with Crippen molar-refractivity contribution in [3.8, 4) is 0 Å². The Morgan fingerprint density at radius 2 is 2.15 bits per heavy atom. The lowest BCUT2D eigenvalue weighted by atomic mass is 9.95. The first-order chi connectivity index (χ1) is 12.6. The van der Waals surface area contributed by atoms with E-state index in [1.54, 1.807) is 0 Å². The van der Waals surface area contributed by atoms with Crippen LogP contribution in [0.4, 0.5) is 5.00 Å². The van der Waals surface area contributed by atoms with Gasteiger partial charge in [0.1, 0.15) is 11.2 Å². The first-order valence-electron chi connectivity index (χ1n) is 9.07. The maximum absolute atomic E-state index is 6.58. The first-order valence-corrected chi connectivity index (χ1v) is 10.3. The van der Waals surface area contributed by atoms with E-state index in [9.17, 15) is 0 Å². The van der Waals surface area contributed by atoms with Gasteiger partial charge in [0.15, 0.2) is 0 Å². The van der Waals surface area contributed by atoms with E-state index in [2.05, 4.69) is 40.7 Å². The van der Waals surface area contributed by atoms with E-state index < -0.39 is 0 Å². The van der Waals surface area contributed by atoms with Crippen molar-refractivity contribution in [2.75, 3.05) is 25.0 Å². The molecule has 5 rings (SSSR count). The molecule has 1 saturated heterocycles. The van der Waals surface area contributed by atoms with Crippen LogP contribution in [0, 0.1) is 0 Å². The second-order valence-electron chi connectivity index (χ2n) is 7.08. The molecule has 3 aliphatic rings. The molecule has 2 atom stereocenters. The summed E-state index contributed by atoms with van der Waals surface area (Å²) in [5.74, 6) is 0. The predicted octanol–water partition coefficient (Wildman–Crippen LogP) is 2.83. The summed E-state index contributed by atoms with van der Waals surface area (Å²) in [6, 6.07) is 8.08. The zero-order chi connectivity index (χ0) is 17.8. The molecule has 0 bridgehead atoms. The largest absolute Gasteiger partial charge is 0.328 e. The molecular formula is C19H22ClN5S. The van der Waals surface area contributed by atoms with E-state index in [1.807, 2.05) is 29.5 Å². The number of hydrogen-bond acceptors (Lipinski definition) is 6. The summed E-state index contributed by atoms with van der Waals surface area (Å²) in [4.78, 5) is 9.02. The van der Waals surface area contributed by atoms with Crippen LogP contribution in [0.1, 0.15) is 28.5 Å². The lowest BCUT2D eigenvalue weighted by Crippen LogP contribution is -2.40. The number of benzene rings is 1. The Labute approximate surface area is 162 Å². The fourth-order valence-corrected chi connectivity index (χ4v) is 5.95. The fraction of sp³-hybridized carbons (Fsp3) is 0.421. The van der Waals surface area contributed by atoms with Gasteiger partial charge in [-0.15, -0.1) is 11.3 Å². The van der Waals surface area contributed by atoms with Gasteiger partial charge in [0.25, 0.3) is 0 Å². The number of anilines is 1. The van der Waals surface area contributed by atoms with Gasteiger partial charge in [-0.1, -0.05) is 29.8 Å². The van der Waals surface area contributed by atoms with Crippen molar-refractivity contribution in [2.24, 2.45) is 4.99 Å². The highest BCUT2D eigenvalue weighted by molar-refractivity contribution is 7.16. The average Bonchev–Trinajstić information content (AvgIpc) is 3.07. The molecule has 4 heterocycles. The molecule has 2 unspecified atom stereocenters. The SMILES string of the molecule is CC1NN(C)C2CN=C(c3ccccc3Cl)c3c(sc4c3CCNC4)N12. The van der Waals surface area contributed by atoms with E-state index in [4.69, 9.17) is 16.6 Å². The summed E-state index contributed by atoms with van der Waals surface area (Å²) in [5, 5.41) is 7.79. The second kappa shape index (κ2) is 6.32. The first kappa shape index (κ1) is 16.7. The van der Waals surface area contributed by atoms with Crippen LogP contribution < -0.4 is 15.6 Å². The average molecular weight is 388 g/mol. The van der Waals surface area contributed by atoms with Gasteiger partial charge in [0.2, 0.25) is 0 Å². The molecule has 5 nitrogen and oxygen atoms in total. The van der Waals surface area contributed by atoms with Gasteiger partial charge in [0, 0.05) is 34.6 Å². The van der Waals surface area contributed by atoms with E-state index >= 15 is 0 Å². The Morgan fingerprint density at radius 1 is 1.31 bits per heavy atom. The summed E-state index contributed by atoms with van der Waals surface area (Å²) >= 11 is 8.49. The monoisotopic (exact) mass is 387 g/mol. The number of nitrogens with zero attached hydrogens (tertiary/aromatic N) is 3. The van der Waals surface area contributed by atoms with Gasteiger partial charge in [0.05, 0.1) is 18.4 Å². The zero-order valence-corrected chi connectivity index (χ0v) is 16.5. The van der Waals surface area contributed by atoms with Gasteiger partial charge in [-0.3, -0.25) is 4.99 Å². The summed E-state index contributed by atoms with van der Waals surface area (Å²) in [6.07, 6.45) is 1.51. The third-order valence-electron chi connectivity index (χ3n) is 5.50. The highest BCUT2D eigenvalue weighted by Crippen LogP contribution is 2.44. The van der Waals surface area contributed by atoms with E-state index in [-0.39, 0.29) is 12.3 Å². The molecule has 0 radical (unpaired) electrons. The molecule has 0 spiro atoms. The number of rotatable bonds is 1. The highest BCUT2D eigenvalue weighted by atomic mass is 35.5. The quantitative estimate of drug-likeness (QED) is 0.789. The van der Waals surface area contributed by atoms with E-state index in [1.165, 1.54) is 21.0 Å². The number of hydrazine groups is 1. The van der Waals surface area contributed by atoms with Crippen molar-refractivity contribution in [2.45, 2.75) is 32.2 Å². The Hall–Kier alpha value is -1.44. The normalized spacial score (nSPS) is 25.3. The van der Waals surface area contributed by atoms with Gasteiger partial charge < -0.3 is 10.2 Å². The third kappa shape index (κ3) is 2.44. The van der Waals surface area contributed by atoms with Gasteiger partial charge in [-0.25, -0.2) is 10.4 Å². The Balaban J connectivity index is 1.75. The number of thiophene rings is 1. The highest BCUT2D eigenvalue weighted by Gasteiger charge is 2.41. The smallest absolute Gasteiger partial charge is 0.117 e. The molecule has 3 aliphatic heterocycles. The minimum absolute atomic E-state index is 0.219. The molecule has 0 aliphatic carbocycles. The molecule has 2 N–H and O–H groups in total. The molecule has 1 aromatic heterocycles. The van der Waals surface area contributed by atoms with E-state index in [0.29, 0.717) is 0 Å². The lowest BCUT2D eigenvalue weighted by Gasteiger charge is -2.27. The Morgan fingerprint density at radius 3 is 3.00 bits per heavy atom. The lowest BCUT2D eigenvalue weighted by molar-refractivity contribution is 0.234. The minimum Gasteiger partial charge on any atom is -0.328 e. The minimum atomic E-state index is 0.219. The molecular weight excluding hydrogens is 366 g/mol. The van der Waals surface area contributed by atoms with Crippen LogP contribution in [0.15, 0.2) is 29.3 Å². The number of fused-ring (bicyclic) bond motifs is 5. The van der Waals surface area contributed by atoms with Crippen LogP contribution in [0.3, 0.4) is 0 Å². The van der Waals surface area contributed by atoms with Crippen LogP contribution in [0.2, 0.25) is 5.02 Å². The van der Waals surface area contributed by atoms with Crippen molar-refractivity contribution in [3.05, 3.63) is 50.9 Å². The van der Waals surface area contributed by atoms with Gasteiger partial charge in [-0.2, -0.15) is 0 Å². The van der Waals surface area contributed by atoms with Crippen LogP contribution in [0.25, 0.3) is 0 Å². The molecule has 26 heavy (non-hydrogen) atoms.